The Morgan fingerprint density at radius 1 is 1.00 bits per heavy atom. The maximum Gasteiger partial charge on any atom is 0.319 e. The summed E-state index contributed by atoms with van der Waals surface area (Å²) in [5, 5.41) is 5.72. The number of nitrogens with one attached hydrogen (secondary N) is 2. The third kappa shape index (κ3) is 4.43. The second kappa shape index (κ2) is 7.34. The van der Waals surface area contributed by atoms with Crippen molar-refractivity contribution in [3.05, 3.63) is 65.7 Å². The van der Waals surface area contributed by atoms with Crippen LogP contribution < -0.4 is 10.6 Å². The van der Waals surface area contributed by atoms with Crippen LogP contribution in [0.1, 0.15) is 18.1 Å². The van der Waals surface area contributed by atoms with Crippen molar-refractivity contribution < 1.29 is 4.79 Å². The Morgan fingerprint density at radius 2 is 1.75 bits per heavy atom. The van der Waals surface area contributed by atoms with Crippen molar-refractivity contribution in [1.29, 1.82) is 0 Å². The molecule has 2 aromatic carbocycles. The molecule has 0 aromatic heterocycles. The smallest absolute Gasteiger partial charge is 0.319 e. The van der Waals surface area contributed by atoms with Crippen molar-refractivity contribution in [3.63, 3.8) is 0 Å². The number of urea groups is 1. The van der Waals surface area contributed by atoms with E-state index in [2.05, 4.69) is 35.8 Å². The molecule has 0 radical (unpaired) electrons. The van der Waals surface area contributed by atoms with Crippen LogP contribution in [0.4, 0.5) is 10.5 Å². The molecule has 0 bridgehead atoms. The van der Waals surface area contributed by atoms with Crippen molar-refractivity contribution in [3.8, 4) is 0 Å². The van der Waals surface area contributed by atoms with Gasteiger partial charge in [-0.1, -0.05) is 49.4 Å². The zero-order valence-corrected chi connectivity index (χ0v) is 11.7. The van der Waals surface area contributed by atoms with E-state index < -0.39 is 0 Å². The van der Waals surface area contributed by atoms with Crippen LogP contribution in [0.3, 0.4) is 0 Å². The molecule has 0 unspecified atom stereocenters. The van der Waals surface area contributed by atoms with E-state index in [-0.39, 0.29) is 6.03 Å². The summed E-state index contributed by atoms with van der Waals surface area (Å²) >= 11 is 0. The highest BCUT2D eigenvalue weighted by atomic mass is 16.2. The number of amides is 2. The molecular weight excluding hydrogens is 248 g/mol. The molecule has 0 atom stereocenters. The second-order valence-electron chi connectivity index (χ2n) is 4.67. The summed E-state index contributed by atoms with van der Waals surface area (Å²) in [6.07, 6.45) is 1.80. The molecule has 0 aliphatic rings. The fourth-order valence-corrected chi connectivity index (χ4v) is 2.01. The minimum Gasteiger partial charge on any atom is -0.338 e. The number of benzene rings is 2. The van der Waals surface area contributed by atoms with E-state index in [0.717, 1.165) is 18.5 Å². The average Bonchev–Trinajstić information content (AvgIpc) is 2.48. The van der Waals surface area contributed by atoms with Crippen LogP contribution in [0.25, 0.3) is 0 Å². The molecule has 0 saturated heterocycles. The van der Waals surface area contributed by atoms with Gasteiger partial charge in [-0.2, -0.15) is 0 Å². The second-order valence-corrected chi connectivity index (χ2v) is 4.67. The first-order chi connectivity index (χ1) is 9.78. The number of carbonyl (C=O) groups excluding carboxylic acids is 1. The lowest BCUT2D eigenvalue weighted by molar-refractivity contribution is 0.252. The molecule has 0 aliphatic heterocycles. The number of hydrogen-bond donors (Lipinski definition) is 2. The predicted octanol–water partition coefficient (Wildman–Crippen LogP) is 3.61. The lowest BCUT2D eigenvalue weighted by Crippen LogP contribution is -2.30. The van der Waals surface area contributed by atoms with Crippen LogP contribution in [0.15, 0.2) is 54.6 Å². The van der Waals surface area contributed by atoms with E-state index in [4.69, 9.17) is 0 Å². The molecule has 3 heteroatoms. The molecule has 2 rings (SSSR count). The Balaban J connectivity index is 1.77. The number of carbonyl (C=O) groups is 1. The van der Waals surface area contributed by atoms with Crippen LogP contribution in [-0.2, 0) is 12.8 Å². The summed E-state index contributed by atoms with van der Waals surface area (Å²) in [5.41, 5.74) is 3.27. The monoisotopic (exact) mass is 268 g/mol. The molecule has 0 fully saturated rings. The van der Waals surface area contributed by atoms with Crippen molar-refractivity contribution in [1.82, 2.24) is 5.32 Å². The van der Waals surface area contributed by atoms with Gasteiger partial charge >= 0.3 is 6.03 Å². The molecule has 2 amide bonds. The summed E-state index contributed by atoms with van der Waals surface area (Å²) in [7, 11) is 0. The minimum absolute atomic E-state index is 0.158. The lowest BCUT2D eigenvalue weighted by Gasteiger charge is -2.08. The Bertz CT molecular complexity index is 552. The van der Waals surface area contributed by atoms with E-state index >= 15 is 0 Å². The average molecular weight is 268 g/mol. The Morgan fingerprint density at radius 3 is 2.50 bits per heavy atom. The van der Waals surface area contributed by atoms with Crippen molar-refractivity contribution in [2.24, 2.45) is 0 Å². The van der Waals surface area contributed by atoms with E-state index in [1.54, 1.807) is 0 Å². The number of anilines is 1. The zero-order chi connectivity index (χ0) is 14.2. The largest absolute Gasteiger partial charge is 0.338 e. The van der Waals surface area contributed by atoms with Gasteiger partial charge in [0.1, 0.15) is 0 Å². The highest BCUT2D eigenvalue weighted by molar-refractivity contribution is 5.89. The van der Waals surface area contributed by atoms with E-state index in [1.807, 2.05) is 36.4 Å². The van der Waals surface area contributed by atoms with Gasteiger partial charge in [0, 0.05) is 12.2 Å². The van der Waals surface area contributed by atoms with Crippen LogP contribution in [0, 0.1) is 0 Å². The highest BCUT2D eigenvalue weighted by Crippen LogP contribution is 2.10. The SMILES string of the molecule is CCc1cccc(NC(=O)NCCc2ccccc2)c1. The number of hydrogen-bond acceptors (Lipinski definition) is 1. The standard InChI is InChI=1S/C17H20N2O/c1-2-14-9-6-10-16(13-14)19-17(20)18-12-11-15-7-4-3-5-8-15/h3-10,13H,2,11-12H2,1H3,(H2,18,19,20). The van der Waals surface area contributed by atoms with Gasteiger partial charge in [-0.05, 0) is 36.1 Å². The topological polar surface area (TPSA) is 41.1 Å². The first-order valence-corrected chi connectivity index (χ1v) is 6.95. The van der Waals surface area contributed by atoms with E-state index in [0.29, 0.717) is 6.54 Å². The molecule has 0 aliphatic carbocycles. The Hall–Kier alpha value is -2.29. The minimum atomic E-state index is -0.158. The fourth-order valence-electron chi connectivity index (χ4n) is 2.01. The summed E-state index contributed by atoms with van der Waals surface area (Å²) in [6, 6.07) is 17.9. The van der Waals surface area contributed by atoms with Gasteiger partial charge in [0.2, 0.25) is 0 Å². The van der Waals surface area contributed by atoms with Crippen molar-refractivity contribution >= 4 is 11.7 Å². The highest BCUT2D eigenvalue weighted by Gasteiger charge is 2.01. The number of aryl methyl sites for hydroxylation is 1. The maximum atomic E-state index is 11.8. The third-order valence-electron chi connectivity index (χ3n) is 3.14. The molecule has 20 heavy (non-hydrogen) atoms. The lowest BCUT2D eigenvalue weighted by atomic mass is 10.1. The van der Waals surface area contributed by atoms with E-state index in [1.165, 1.54) is 11.1 Å². The molecule has 0 spiro atoms. The van der Waals surface area contributed by atoms with Gasteiger partial charge in [-0.25, -0.2) is 4.79 Å². The maximum absolute atomic E-state index is 11.8. The van der Waals surface area contributed by atoms with Crippen LogP contribution in [0.5, 0.6) is 0 Å². The normalized spacial score (nSPS) is 10.1. The Kier molecular flexibility index (Phi) is 5.18. The molecule has 2 N–H and O–H groups in total. The summed E-state index contributed by atoms with van der Waals surface area (Å²) in [5.74, 6) is 0. The molecule has 0 saturated carbocycles. The van der Waals surface area contributed by atoms with Crippen molar-refractivity contribution in [2.45, 2.75) is 19.8 Å². The molecular formula is C17H20N2O. The van der Waals surface area contributed by atoms with Crippen LogP contribution in [0.2, 0.25) is 0 Å². The summed E-state index contributed by atoms with van der Waals surface area (Å²) < 4.78 is 0. The number of rotatable bonds is 5. The first-order valence-electron chi connectivity index (χ1n) is 6.95. The Labute approximate surface area is 120 Å². The first kappa shape index (κ1) is 14.1. The third-order valence-corrected chi connectivity index (χ3v) is 3.14. The van der Waals surface area contributed by atoms with Gasteiger partial charge < -0.3 is 10.6 Å². The molecule has 3 nitrogen and oxygen atoms in total. The predicted molar refractivity (Wildman–Crippen MR) is 83.0 cm³/mol. The van der Waals surface area contributed by atoms with E-state index in [9.17, 15) is 4.79 Å². The van der Waals surface area contributed by atoms with Gasteiger partial charge in [-0.3, -0.25) is 0 Å². The van der Waals surface area contributed by atoms with Gasteiger partial charge in [0.15, 0.2) is 0 Å². The van der Waals surface area contributed by atoms with Crippen LogP contribution in [-0.4, -0.2) is 12.6 Å². The van der Waals surface area contributed by atoms with Crippen LogP contribution >= 0.6 is 0 Å². The molecule has 0 heterocycles. The molecule has 104 valence electrons. The molecule has 2 aromatic rings. The quantitative estimate of drug-likeness (QED) is 0.854. The zero-order valence-electron chi connectivity index (χ0n) is 11.7. The van der Waals surface area contributed by atoms with Crippen molar-refractivity contribution in [2.75, 3.05) is 11.9 Å². The fraction of sp³-hybridized carbons (Fsp3) is 0.235. The van der Waals surface area contributed by atoms with Gasteiger partial charge in [-0.15, -0.1) is 0 Å². The summed E-state index contributed by atoms with van der Waals surface area (Å²) in [6.45, 7) is 2.72. The van der Waals surface area contributed by atoms with Gasteiger partial charge in [0.05, 0.1) is 0 Å². The summed E-state index contributed by atoms with van der Waals surface area (Å²) in [4.78, 5) is 11.8. The van der Waals surface area contributed by atoms with Gasteiger partial charge in [0.25, 0.3) is 0 Å².